The molecular weight excluding hydrogens is 308 g/mol. The quantitative estimate of drug-likeness (QED) is 0.755. The van der Waals surface area contributed by atoms with Gasteiger partial charge in [0.25, 0.3) is 5.56 Å². The Hall–Kier alpha value is -3.32. The van der Waals surface area contributed by atoms with Crippen LogP contribution >= 0.6 is 0 Å². The SMILES string of the molecule is Cn1c(=O)c(C(=O)CCC(=O)O)c(O)c2cccnc21.O=C=O. The van der Waals surface area contributed by atoms with Crippen LogP contribution in [-0.2, 0) is 21.4 Å². The van der Waals surface area contributed by atoms with E-state index in [0.29, 0.717) is 0 Å². The number of aromatic hydroxyl groups is 1. The first-order valence-electron chi connectivity index (χ1n) is 6.26. The van der Waals surface area contributed by atoms with Crippen LogP contribution in [0.25, 0.3) is 11.0 Å². The summed E-state index contributed by atoms with van der Waals surface area (Å²) in [6.45, 7) is 0. The molecule has 0 aromatic carbocycles. The van der Waals surface area contributed by atoms with E-state index in [-0.39, 0.29) is 23.6 Å². The van der Waals surface area contributed by atoms with Gasteiger partial charge in [-0.3, -0.25) is 19.0 Å². The molecule has 0 atom stereocenters. The average Bonchev–Trinajstić information content (AvgIpc) is 2.52. The lowest BCUT2D eigenvalue weighted by Gasteiger charge is -2.09. The minimum Gasteiger partial charge on any atom is -0.506 e. The van der Waals surface area contributed by atoms with Gasteiger partial charge in [0.1, 0.15) is 17.0 Å². The van der Waals surface area contributed by atoms with Crippen LogP contribution in [0.4, 0.5) is 0 Å². The lowest BCUT2D eigenvalue weighted by Crippen LogP contribution is -2.25. The van der Waals surface area contributed by atoms with E-state index in [4.69, 9.17) is 14.7 Å². The summed E-state index contributed by atoms with van der Waals surface area (Å²) in [5.41, 5.74) is -0.830. The topological polar surface area (TPSA) is 144 Å². The molecule has 0 aliphatic carbocycles. The van der Waals surface area contributed by atoms with Crippen molar-refractivity contribution in [3.8, 4) is 5.75 Å². The van der Waals surface area contributed by atoms with E-state index in [9.17, 15) is 19.5 Å². The molecule has 9 nitrogen and oxygen atoms in total. The standard InChI is InChI=1S/C13H12N2O5.CO2/c1-15-12-7(3-2-6-14-12)11(19)10(13(15)20)8(16)4-5-9(17)18;2-1-3/h2-3,6,19H,4-5H2,1H3,(H,17,18);. The Morgan fingerprint density at radius 1 is 1.30 bits per heavy atom. The number of aryl methyl sites for hydroxylation is 1. The van der Waals surface area contributed by atoms with Crippen LogP contribution < -0.4 is 5.56 Å². The largest absolute Gasteiger partial charge is 0.506 e. The van der Waals surface area contributed by atoms with Crippen LogP contribution in [0.3, 0.4) is 0 Å². The van der Waals surface area contributed by atoms with Gasteiger partial charge in [-0.05, 0) is 12.1 Å². The molecule has 2 N–H and O–H groups in total. The van der Waals surface area contributed by atoms with Crippen molar-refractivity contribution in [1.82, 2.24) is 9.55 Å². The summed E-state index contributed by atoms with van der Waals surface area (Å²) < 4.78 is 1.16. The van der Waals surface area contributed by atoms with Crippen LogP contribution in [0.5, 0.6) is 5.75 Å². The number of pyridine rings is 2. The summed E-state index contributed by atoms with van der Waals surface area (Å²) in [5, 5.41) is 18.9. The molecule has 2 aromatic heterocycles. The fourth-order valence-corrected chi connectivity index (χ4v) is 1.95. The molecule has 0 unspecified atom stereocenters. The zero-order valence-electron chi connectivity index (χ0n) is 12.0. The van der Waals surface area contributed by atoms with Gasteiger partial charge < -0.3 is 10.2 Å². The van der Waals surface area contributed by atoms with Gasteiger partial charge in [0.15, 0.2) is 5.78 Å². The second kappa shape index (κ2) is 7.62. The van der Waals surface area contributed by atoms with Gasteiger partial charge in [0, 0.05) is 19.7 Å². The van der Waals surface area contributed by atoms with Gasteiger partial charge in [-0.15, -0.1) is 0 Å². The Morgan fingerprint density at radius 2 is 1.91 bits per heavy atom. The van der Waals surface area contributed by atoms with E-state index in [1.165, 1.54) is 19.3 Å². The number of carboxylic acids is 1. The van der Waals surface area contributed by atoms with Crippen molar-refractivity contribution in [3.63, 3.8) is 0 Å². The molecule has 0 saturated heterocycles. The molecule has 0 aliphatic heterocycles. The molecule has 0 aliphatic rings. The molecule has 0 fully saturated rings. The smallest absolute Gasteiger partial charge is 0.373 e. The van der Waals surface area contributed by atoms with Crippen LogP contribution in [0.2, 0.25) is 0 Å². The maximum atomic E-state index is 12.1. The second-order valence-electron chi connectivity index (χ2n) is 4.36. The molecule has 2 aromatic rings. The number of fused-ring (bicyclic) bond motifs is 1. The van der Waals surface area contributed by atoms with Gasteiger partial charge >= 0.3 is 12.1 Å². The van der Waals surface area contributed by atoms with Crippen molar-refractivity contribution in [2.45, 2.75) is 12.8 Å². The van der Waals surface area contributed by atoms with Crippen LogP contribution in [0.1, 0.15) is 23.2 Å². The molecule has 0 bridgehead atoms. The summed E-state index contributed by atoms with van der Waals surface area (Å²) in [7, 11) is 1.44. The van der Waals surface area contributed by atoms with Gasteiger partial charge in [-0.1, -0.05) is 0 Å². The number of hydrogen-bond acceptors (Lipinski definition) is 7. The Morgan fingerprint density at radius 3 is 2.48 bits per heavy atom. The van der Waals surface area contributed by atoms with Gasteiger partial charge in [0.05, 0.1) is 11.8 Å². The molecule has 0 spiro atoms. The van der Waals surface area contributed by atoms with Crippen molar-refractivity contribution in [2.75, 3.05) is 0 Å². The number of hydrogen-bond donors (Lipinski definition) is 2. The van der Waals surface area contributed by atoms with Crippen LogP contribution in [0, 0.1) is 0 Å². The zero-order valence-corrected chi connectivity index (χ0v) is 12.0. The predicted molar refractivity (Wildman–Crippen MR) is 74.9 cm³/mol. The summed E-state index contributed by atoms with van der Waals surface area (Å²) in [4.78, 5) is 54.7. The van der Waals surface area contributed by atoms with E-state index >= 15 is 0 Å². The molecule has 0 saturated carbocycles. The molecule has 23 heavy (non-hydrogen) atoms. The normalized spacial score (nSPS) is 9.61. The predicted octanol–water partition coefficient (Wildman–Crippen LogP) is 0.103. The first-order valence-corrected chi connectivity index (χ1v) is 6.26. The lowest BCUT2D eigenvalue weighted by atomic mass is 10.1. The van der Waals surface area contributed by atoms with Gasteiger partial charge in [0.2, 0.25) is 0 Å². The maximum Gasteiger partial charge on any atom is 0.373 e. The van der Waals surface area contributed by atoms with Crippen molar-refractivity contribution in [3.05, 3.63) is 34.2 Å². The number of Topliss-reactive ketones (excluding diaryl/α,β-unsaturated/α-hetero) is 1. The van der Waals surface area contributed by atoms with Crippen molar-refractivity contribution in [2.24, 2.45) is 7.05 Å². The molecule has 2 rings (SSSR count). The number of aliphatic carboxylic acids is 1. The highest BCUT2D eigenvalue weighted by Gasteiger charge is 2.21. The van der Waals surface area contributed by atoms with E-state index in [1.807, 2.05) is 0 Å². The Labute approximate surface area is 128 Å². The molecular formula is C14H12N2O7. The Balaban J connectivity index is 0.000000816. The third kappa shape index (κ3) is 3.86. The third-order valence-electron chi connectivity index (χ3n) is 2.96. The number of ketones is 1. The van der Waals surface area contributed by atoms with Gasteiger partial charge in [-0.25, -0.2) is 4.98 Å². The first kappa shape index (κ1) is 17.7. The van der Waals surface area contributed by atoms with Crippen molar-refractivity contribution in [1.29, 1.82) is 0 Å². The summed E-state index contributed by atoms with van der Waals surface area (Å²) in [6, 6.07) is 3.10. The fraction of sp³-hybridized carbons (Fsp3) is 0.214. The number of nitrogens with zero attached hydrogens (tertiary/aromatic N) is 2. The molecule has 120 valence electrons. The molecule has 2 heterocycles. The molecule has 9 heteroatoms. The number of carbonyl (C=O) groups excluding carboxylic acids is 3. The first-order chi connectivity index (χ1) is 10.8. The second-order valence-corrected chi connectivity index (χ2v) is 4.36. The Bertz CT molecular complexity index is 848. The summed E-state index contributed by atoms with van der Waals surface area (Å²) >= 11 is 0. The summed E-state index contributed by atoms with van der Waals surface area (Å²) in [6.07, 6.45) is 0.976. The van der Waals surface area contributed by atoms with Crippen molar-refractivity contribution < 1.29 is 29.4 Å². The number of aromatic nitrogens is 2. The highest BCUT2D eigenvalue weighted by molar-refractivity contribution is 6.03. The molecule has 0 amide bonds. The highest BCUT2D eigenvalue weighted by Crippen LogP contribution is 2.25. The number of rotatable bonds is 4. The third-order valence-corrected chi connectivity index (χ3v) is 2.96. The molecule has 0 radical (unpaired) electrons. The van der Waals surface area contributed by atoms with Crippen LogP contribution in [-0.4, -0.2) is 37.7 Å². The van der Waals surface area contributed by atoms with E-state index in [0.717, 1.165) is 4.57 Å². The van der Waals surface area contributed by atoms with Gasteiger partial charge in [-0.2, -0.15) is 9.59 Å². The number of carbonyl (C=O) groups is 2. The Kier molecular flexibility index (Phi) is 5.88. The fourth-order valence-electron chi connectivity index (χ4n) is 1.95. The minimum atomic E-state index is -1.14. The minimum absolute atomic E-state index is 0.250. The zero-order chi connectivity index (χ0) is 17.6. The maximum absolute atomic E-state index is 12.1. The highest BCUT2D eigenvalue weighted by atomic mass is 16.4. The van der Waals surface area contributed by atoms with E-state index < -0.39 is 35.0 Å². The number of carboxylic acid groups (broad SMARTS) is 1. The monoisotopic (exact) mass is 320 g/mol. The van der Waals surface area contributed by atoms with Crippen molar-refractivity contribution >= 4 is 28.9 Å². The van der Waals surface area contributed by atoms with E-state index in [1.54, 1.807) is 6.07 Å². The average molecular weight is 320 g/mol. The van der Waals surface area contributed by atoms with Crippen LogP contribution in [0.15, 0.2) is 23.1 Å². The van der Waals surface area contributed by atoms with E-state index in [2.05, 4.69) is 4.98 Å². The lowest BCUT2D eigenvalue weighted by molar-refractivity contribution is -0.191. The summed E-state index contributed by atoms with van der Waals surface area (Å²) in [5.74, 6) is -2.29.